The van der Waals surface area contributed by atoms with Crippen LogP contribution in [0.2, 0.25) is 0 Å². The molecule has 0 atom stereocenters. The molecular weight excluding hydrogens is 455 g/mol. The second kappa shape index (κ2) is 6.50. The Labute approximate surface area is 142 Å². The highest BCUT2D eigenvalue weighted by molar-refractivity contribution is 9.24. The first-order valence-electron chi connectivity index (χ1n) is 5.78. The Morgan fingerprint density at radius 1 is 1.15 bits per heavy atom. The Kier molecular flexibility index (Phi) is 5.15. The van der Waals surface area contributed by atoms with Gasteiger partial charge < -0.3 is 0 Å². The number of rotatable bonds is 3. The zero-order chi connectivity index (χ0) is 14.9. The summed E-state index contributed by atoms with van der Waals surface area (Å²) >= 11 is 10.3. The van der Waals surface area contributed by atoms with Crippen LogP contribution in [0.4, 0.5) is 4.39 Å². The predicted molar refractivity (Wildman–Crippen MR) is 89.3 cm³/mol. The quantitative estimate of drug-likeness (QED) is 0.407. The number of alkyl halides is 2. The van der Waals surface area contributed by atoms with Crippen molar-refractivity contribution < 1.29 is 9.18 Å². The molecule has 0 spiro atoms. The molecule has 104 valence electrons. The van der Waals surface area contributed by atoms with Crippen molar-refractivity contribution in [3.05, 3.63) is 68.9 Å². The highest BCUT2D eigenvalue weighted by atomic mass is 79.9. The van der Waals surface area contributed by atoms with E-state index >= 15 is 0 Å². The van der Waals surface area contributed by atoms with Crippen molar-refractivity contribution in [3.8, 4) is 0 Å². The van der Waals surface area contributed by atoms with E-state index in [4.69, 9.17) is 0 Å². The Hall–Kier alpha value is -0.520. The van der Waals surface area contributed by atoms with Gasteiger partial charge in [-0.25, -0.2) is 4.39 Å². The van der Waals surface area contributed by atoms with Crippen LogP contribution < -0.4 is 0 Å². The molecule has 0 bridgehead atoms. The fourth-order valence-electron chi connectivity index (χ4n) is 1.86. The molecular formula is C15H10Br3FO. The summed E-state index contributed by atoms with van der Waals surface area (Å²) < 4.78 is 13.7. The minimum absolute atomic E-state index is 0.0290. The van der Waals surface area contributed by atoms with Gasteiger partial charge in [-0.05, 0) is 54.4 Å². The van der Waals surface area contributed by atoms with E-state index in [0.29, 0.717) is 11.1 Å². The van der Waals surface area contributed by atoms with Crippen molar-refractivity contribution in [2.45, 2.75) is 10.7 Å². The van der Waals surface area contributed by atoms with Crippen LogP contribution in [0, 0.1) is 12.7 Å². The SMILES string of the molecule is Cc1cc(C(=O)c2ccc(F)cc2)c(Br)cc1C(Br)Br. The van der Waals surface area contributed by atoms with Gasteiger partial charge in [0.1, 0.15) is 5.82 Å². The number of hydrogen-bond acceptors (Lipinski definition) is 1. The monoisotopic (exact) mass is 462 g/mol. The van der Waals surface area contributed by atoms with Gasteiger partial charge >= 0.3 is 0 Å². The molecule has 5 heteroatoms. The van der Waals surface area contributed by atoms with Crippen molar-refractivity contribution in [1.29, 1.82) is 0 Å². The van der Waals surface area contributed by atoms with Gasteiger partial charge in [0.2, 0.25) is 0 Å². The van der Waals surface area contributed by atoms with E-state index in [1.807, 2.05) is 19.1 Å². The largest absolute Gasteiger partial charge is 0.289 e. The lowest BCUT2D eigenvalue weighted by Gasteiger charge is -2.11. The van der Waals surface area contributed by atoms with Crippen LogP contribution in [0.5, 0.6) is 0 Å². The lowest BCUT2D eigenvalue weighted by Crippen LogP contribution is -2.04. The fourth-order valence-corrected chi connectivity index (χ4v) is 3.39. The van der Waals surface area contributed by atoms with Crippen LogP contribution in [-0.4, -0.2) is 5.78 Å². The Morgan fingerprint density at radius 3 is 2.30 bits per heavy atom. The maximum absolute atomic E-state index is 12.9. The van der Waals surface area contributed by atoms with Crippen molar-refractivity contribution in [1.82, 2.24) is 0 Å². The van der Waals surface area contributed by atoms with Gasteiger partial charge in [0, 0.05) is 15.6 Å². The molecule has 0 saturated carbocycles. The van der Waals surface area contributed by atoms with Gasteiger partial charge in [-0.1, -0.05) is 47.8 Å². The molecule has 2 aromatic rings. The van der Waals surface area contributed by atoms with E-state index in [-0.39, 0.29) is 15.3 Å². The molecule has 0 aromatic heterocycles. The van der Waals surface area contributed by atoms with Gasteiger partial charge in [0.15, 0.2) is 5.78 Å². The minimum Gasteiger partial charge on any atom is -0.289 e. The first-order chi connectivity index (χ1) is 9.40. The van der Waals surface area contributed by atoms with Crippen LogP contribution in [0.15, 0.2) is 40.9 Å². The summed E-state index contributed by atoms with van der Waals surface area (Å²) in [4.78, 5) is 12.4. The summed E-state index contributed by atoms with van der Waals surface area (Å²) in [6.07, 6.45) is 0. The Morgan fingerprint density at radius 2 is 1.75 bits per heavy atom. The molecule has 2 aromatic carbocycles. The predicted octanol–water partition coefficient (Wildman–Crippen LogP) is 5.92. The number of carbonyl (C=O) groups is 1. The standard InChI is InChI=1S/C15H10Br3FO/c1-8-6-12(13(16)7-11(8)15(17)18)14(20)9-2-4-10(19)5-3-9/h2-7,15H,1H3. The van der Waals surface area contributed by atoms with Crippen molar-refractivity contribution in [3.63, 3.8) is 0 Å². The summed E-state index contributed by atoms with van der Waals surface area (Å²) in [5.41, 5.74) is 3.08. The molecule has 0 unspecified atom stereocenters. The zero-order valence-corrected chi connectivity index (χ0v) is 15.2. The number of aryl methyl sites for hydroxylation is 1. The average molecular weight is 465 g/mol. The summed E-state index contributed by atoms with van der Waals surface area (Å²) in [6.45, 7) is 1.94. The van der Waals surface area contributed by atoms with Gasteiger partial charge in [-0.2, -0.15) is 0 Å². The molecule has 0 aliphatic rings. The van der Waals surface area contributed by atoms with Crippen LogP contribution in [0.25, 0.3) is 0 Å². The molecule has 0 aliphatic heterocycles. The third-order valence-corrected chi connectivity index (χ3v) is 4.58. The Balaban J connectivity index is 2.45. The minimum atomic E-state index is -0.353. The summed E-state index contributed by atoms with van der Waals surface area (Å²) in [5.74, 6) is -0.485. The molecule has 0 fully saturated rings. The van der Waals surface area contributed by atoms with Crippen molar-refractivity contribution in [2.75, 3.05) is 0 Å². The van der Waals surface area contributed by atoms with Gasteiger partial charge in [0.05, 0.1) is 3.74 Å². The van der Waals surface area contributed by atoms with E-state index in [1.165, 1.54) is 24.3 Å². The average Bonchev–Trinajstić information content (AvgIpc) is 2.40. The third kappa shape index (κ3) is 3.38. The number of halogens is 4. The smallest absolute Gasteiger partial charge is 0.194 e. The number of carbonyl (C=O) groups excluding carboxylic acids is 1. The van der Waals surface area contributed by atoms with Crippen LogP contribution in [-0.2, 0) is 0 Å². The van der Waals surface area contributed by atoms with Crippen LogP contribution >= 0.6 is 47.8 Å². The van der Waals surface area contributed by atoms with E-state index in [9.17, 15) is 9.18 Å². The third-order valence-electron chi connectivity index (χ3n) is 2.94. The summed E-state index contributed by atoms with van der Waals surface area (Å²) in [6, 6.07) is 9.29. The number of ketones is 1. The highest BCUT2D eigenvalue weighted by Crippen LogP contribution is 2.35. The van der Waals surface area contributed by atoms with Gasteiger partial charge in [0.25, 0.3) is 0 Å². The first-order valence-corrected chi connectivity index (χ1v) is 8.41. The molecule has 0 N–H and O–H groups in total. The molecule has 2 rings (SSSR count). The number of hydrogen-bond donors (Lipinski definition) is 0. The highest BCUT2D eigenvalue weighted by Gasteiger charge is 2.16. The molecule has 20 heavy (non-hydrogen) atoms. The molecule has 0 saturated heterocycles. The Bertz CT molecular complexity index is 651. The normalized spacial score (nSPS) is 10.9. The zero-order valence-electron chi connectivity index (χ0n) is 10.5. The molecule has 0 aliphatic carbocycles. The van der Waals surface area contributed by atoms with Gasteiger partial charge in [-0.3, -0.25) is 4.79 Å². The summed E-state index contributed by atoms with van der Waals surface area (Å²) in [5, 5.41) is 0. The topological polar surface area (TPSA) is 17.1 Å². The maximum atomic E-state index is 12.9. The molecule has 0 amide bonds. The van der Waals surface area contributed by atoms with E-state index in [0.717, 1.165) is 15.6 Å². The lowest BCUT2D eigenvalue weighted by atomic mass is 9.99. The van der Waals surface area contributed by atoms with Crippen LogP contribution in [0.3, 0.4) is 0 Å². The lowest BCUT2D eigenvalue weighted by molar-refractivity contribution is 0.103. The second-order valence-electron chi connectivity index (χ2n) is 4.33. The van der Waals surface area contributed by atoms with Crippen molar-refractivity contribution >= 4 is 53.6 Å². The summed E-state index contributed by atoms with van der Waals surface area (Å²) in [7, 11) is 0. The molecule has 0 radical (unpaired) electrons. The maximum Gasteiger partial charge on any atom is 0.194 e. The molecule has 0 heterocycles. The van der Waals surface area contributed by atoms with E-state index in [1.54, 1.807) is 0 Å². The fraction of sp³-hybridized carbons (Fsp3) is 0.133. The van der Waals surface area contributed by atoms with Gasteiger partial charge in [-0.15, -0.1) is 0 Å². The van der Waals surface area contributed by atoms with E-state index in [2.05, 4.69) is 47.8 Å². The van der Waals surface area contributed by atoms with Crippen LogP contribution in [0.1, 0.15) is 30.8 Å². The second-order valence-corrected chi connectivity index (χ2v) is 8.24. The first kappa shape index (κ1) is 15.9. The molecule has 1 nitrogen and oxygen atoms in total. The van der Waals surface area contributed by atoms with Crippen molar-refractivity contribution in [2.24, 2.45) is 0 Å². The number of benzene rings is 2. The van der Waals surface area contributed by atoms with E-state index < -0.39 is 0 Å².